The monoisotopic (exact) mass is 254 g/mol. The number of rotatable bonds is 0. The van der Waals surface area contributed by atoms with E-state index in [0.717, 1.165) is 23.9 Å². The zero-order valence-corrected chi connectivity index (χ0v) is 8.91. The molecule has 0 atom stereocenters. The summed E-state index contributed by atoms with van der Waals surface area (Å²) < 4.78 is 0. The Kier molecular flexibility index (Phi) is 5.96. The molecule has 0 aliphatic carbocycles. The quantitative estimate of drug-likeness (QED) is 0.493. The van der Waals surface area contributed by atoms with Gasteiger partial charge in [-0.2, -0.15) is 0 Å². The van der Waals surface area contributed by atoms with Gasteiger partial charge in [0.25, 0.3) is 0 Å². The van der Waals surface area contributed by atoms with Crippen LogP contribution in [0, 0.1) is 0 Å². The summed E-state index contributed by atoms with van der Waals surface area (Å²) in [6.45, 7) is 3.06. The summed E-state index contributed by atoms with van der Waals surface area (Å²) in [6, 6.07) is 0. The van der Waals surface area contributed by atoms with E-state index in [4.69, 9.17) is 0 Å². The van der Waals surface area contributed by atoms with E-state index in [9.17, 15) is 28.8 Å². The van der Waals surface area contributed by atoms with Crippen molar-refractivity contribution in [3.05, 3.63) is 0 Å². The fraction of sp³-hybridized carbons (Fsp3) is 0.250. The molecule has 0 heterocycles. The number of Topliss-reactive ketones (excluding diaryl/α,β-unsaturated/α-hetero) is 1. The molecule has 0 spiro atoms. The molecule has 0 aromatic heterocycles. The molecule has 0 aromatic rings. The number of ketones is 1. The van der Waals surface area contributed by atoms with Gasteiger partial charge in [-0.05, 0) is 13.8 Å². The van der Waals surface area contributed by atoms with E-state index in [0.29, 0.717) is 0 Å². The molecule has 0 fully saturated rings. The Morgan fingerprint density at radius 3 is 0.867 bits per heavy atom. The second kappa shape index (κ2) is 5.74. The molecule has 0 N–H and O–H groups in total. The zero-order chi connectivity index (χ0) is 12.6. The van der Waals surface area contributed by atoms with Crippen LogP contribution in [-0.4, -0.2) is 29.7 Å². The molecule has 0 unspecified atom stereocenters. The summed E-state index contributed by atoms with van der Waals surface area (Å²) in [4.78, 5) is 62.9. The van der Waals surface area contributed by atoms with Crippen LogP contribution in [0.1, 0.15) is 13.8 Å². The third kappa shape index (κ3) is 3.76. The van der Waals surface area contributed by atoms with Gasteiger partial charge in [-0.3, -0.25) is 0 Å². The molecule has 0 bridgehead atoms. The predicted molar refractivity (Wildman–Crippen MR) is 44.8 cm³/mol. The SMILES string of the molecule is CC(C)=O.O=[C]=[Fe](=[C]=O)(=[C]=O)(=[C]=O)=[C]=O. The number of carbonyl (C=O) groups is 1. The predicted octanol–water partition coefficient (Wildman–Crippen LogP) is -1.39. The van der Waals surface area contributed by atoms with Gasteiger partial charge in [-0.25, -0.2) is 0 Å². The molecule has 0 aliphatic rings. The Morgan fingerprint density at radius 1 is 0.733 bits per heavy atom. The molecule has 15 heavy (non-hydrogen) atoms. The molecule has 0 aliphatic heterocycles. The Morgan fingerprint density at radius 2 is 0.867 bits per heavy atom. The first-order valence-electron chi connectivity index (χ1n) is 3.11. The van der Waals surface area contributed by atoms with Crippen molar-refractivity contribution < 1.29 is 38.4 Å². The average Bonchev–Trinajstić information content (AvgIpc) is 2.23. The molecule has 6 nitrogen and oxygen atoms in total. The molecule has 0 amide bonds. The van der Waals surface area contributed by atoms with E-state index in [2.05, 4.69) is 0 Å². The van der Waals surface area contributed by atoms with Crippen molar-refractivity contribution in [3.8, 4) is 0 Å². The molecule has 0 aromatic carbocycles. The third-order valence-corrected chi connectivity index (χ3v) is 2.98. The molecule has 7 heteroatoms. The van der Waals surface area contributed by atoms with E-state index in [1.165, 1.54) is 13.8 Å². The van der Waals surface area contributed by atoms with Gasteiger partial charge in [0.15, 0.2) is 0 Å². The molecule has 82 valence electrons. The Hall–Kier alpha value is -1.91. The second-order valence-electron chi connectivity index (χ2n) is 2.15. The van der Waals surface area contributed by atoms with Crippen LogP contribution in [0.5, 0.6) is 0 Å². The van der Waals surface area contributed by atoms with Crippen LogP contribution in [0.4, 0.5) is 0 Å². The standard InChI is InChI=1S/C3H6O.5CO.Fe/c1-3(2)4;5*1-2;/h1-2H3;;;;;;. The topological polar surface area (TPSA) is 102 Å². The van der Waals surface area contributed by atoms with Crippen LogP contribution in [0.3, 0.4) is 0 Å². The first kappa shape index (κ1) is 15.6. The van der Waals surface area contributed by atoms with Crippen LogP contribution in [0.15, 0.2) is 0 Å². The first-order valence-corrected chi connectivity index (χ1v) is 5.87. The summed E-state index contributed by atoms with van der Waals surface area (Å²) in [5.74, 6) is 0.167. The Labute approximate surface area is 82.4 Å². The number of hydrogen-bond donors (Lipinski definition) is 0. The van der Waals surface area contributed by atoms with Crippen molar-refractivity contribution in [1.82, 2.24) is 0 Å². The van der Waals surface area contributed by atoms with E-state index >= 15 is 0 Å². The fourth-order valence-corrected chi connectivity index (χ4v) is 0.607. The molecular formula is C8H6FeO6. The van der Waals surface area contributed by atoms with Gasteiger partial charge < -0.3 is 4.79 Å². The van der Waals surface area contributed by atoms with Crippen LogP contribution in [0.25, 0.3) is 0 Å². The van der Waals surface area contributed by atoms with Crippen molar-refractivity contribution >= 4 is 29.7 Å². The fourth-order valence-electron chi connectivity index (χ4n) is 0.147. The summed E-state index contributed by atoms with van der Waals surface area (Å²) in [5.41, 5.74) is 0. The maximum absolute atomic E-state index is 9.96. The Balaban J connectivity index is 0. The van der Waals surface area contributed by atoms with Crippen LogP contribution < -0.4 is 0 Å². The van der Waals surface area contributed by atoms with Crippen molar-refractivity contribution in [1.29, 1.82) is 0 Å². The molecule has 0 saturated carbocycles. The van der Waals surface area contributed by atoms with Crippen molar-refractivity contribution in [2.45, 2.75) is 13.8 Å². The van der Waals surface area contributed by atoms with Crippen molar-refractivity contribution in [2.24, 2.45) is 0 Å². The van der Waals surface area contributed by atoms with Gasteiger partial charge in [0.05, 0.1) is 0 Å². The molecule has 0 saturated heterocycles. The summed E-state index contributed by atoms with van der Waals surface area (Å²) in [5, 5.41) is 0. The average molecular weight is 254 g/mol. The maximum atomic E-state index is 9.96. The number of hydrogen-bond acceptors (Lipinski definition) is 6. The van der Waals surface area contributed by atoms with Crippen LogP contribution in [-0.2, 0) is 38.4 Å². The van der Waals surface area contributed by atoms with Gasteiger partial charge >= 0.3 is 57.5 Å². The van der Waals surface area contributed by atoms with E-state index in [1.807, 2.05) is 0 Å². The third-order valence-electron chi connectivity index (χ3n) is 0.722. The normalized spacial score (nSPS) is 8.73. The summed E-state index contributed by atoms with van der Waals surface area (Å²) >= 11 is 0. The van der Waals surface area contributed by atoms with Gasteiger partial charge in [-0.15, -0.1) is 0 Å². The van der Waals surface area contributed by atoms with Gasteiger partial charge in [0, 0.05) is 0 Å². The van der Waals surface area contributed by atoms with Crippen LogP contribution in [0.2, 0.25) is 0 Å². The van der Waals surface area contributed by atoms with E-state index in [1.54, 1.807) is 0 Å². The zero-order valence-electron chi connectivity index (χ0n) is 7.80. The molecule has 0 rings (SSSR count). The van der Waals surface area contributed by atoms with Gasteiger partial charge in [0.2, 0.25) is 0 Å². The minimum atomic E-state index is -5.33. The van der Waals surface area contributed by atoms with E-state index in [-0.39, 0.29) is 5.78 Å². The molecule has 0 radical (unpaired) electrons. The second-order valence-corrected chi connectivity index (χ2v) is 6.04. The van der Waals surface area contributed by atoms with Crippen molar-refractivity contribution in [3.63, 3.8) is 0 Å². The van der Waals surface area contributed by atoms with Crippen LogP contribution >= 0.6 is 0 Å². The van der Waals surface area contributed by atoms with Gasteiger partial charge in [-0.1, -0.05) is 0 Å². The minimum absolute atomic E-state index is 0.167. The summed E-state index contributed by atoms with van der Waals surface area (Å²) in [7, 11) is -5.33. The summed E-state index contributed by atoms with van der Waals surface area (Å²) in [6.07, 6.45) is 0. The first-order chi connectivity index (χ1) is 6.85. The van der Waals surface area contributed by atoms with Crippen molar-refractivity contribution in [2.75, 3.05) is 0 Å². The van der Waals surface area contributed by atoms with Gasteiger partial charge in [0.1, 0.15) is 5.78 Å². The Bertz CT molecular complexity index is 638. The number of carbonyl (C=O) groups excluding carboxylic acids is 6. The molecular weight excluding hydrogens is 248 g/mol. The van der Waals surface area contributed by atoms with E-state index < -0.39 is 9.60 Å².